The van der Waals surface area contributed by atoms with Crippen molar-refractivity contribution in [3.63, 3.8) is 0 Å². The molecule has 5 nitrogen and oxygen atoms in total. The van der Waals surface area contributed by atoms with Gasteiger partial charge < -0.3 is 20.1 Å². The Balaban J connectivity index is 1.78. The van der Waals surface area contributed by atoms with E-state index in [1.54, 1.807) is 0 Å². The third-order valence-electron chi connectivity index (χ3n) is 4.28. The second-order valence-corrected chi connectivity index (χ2v) is 6.40. The monoisotopic (exact) mass is 320 g/mol. The third-order valence-corrected chi connectivity index (χ3v) is 4.28. The van der Waals surface area contributed by atoms with Gasteiger partial charge in [0.15, 0.2) is 0 Å². The van der Waals surface area contributed by atoms with Gasteiger partial charge in [-0.1, -0.05) is 25.0 Å². The molecule has 1 aliphatic rings. The molecule has 0 saturated heterocycles. The van der Waals surface area contributed by atoms with Crippen LogP contribution in [0.3, 0.4) is 0 Å². The van der Waals surface area contributed by atoms with Crippen LogP contribution in [0.25, 0.3) is 0 Å². The van der Waals surface area contributed by atoms with Crippen LogP contribution in [0.15, 0.2) is 24.3 Å². The number of hydrogen-bond acceptors (Lipinski definition) is 4. The van der Waals surface area contributed by atoms with E-state index in [4.69, 9.17) is 4.74 Å². The van der Waals surface area contributed by atoms with E-state index in [1.807, 2.05) is 43.1 Å². The molecule has 0 atom stereocenters. The molecule has 0 unspecified atom stereocenters. The Bertz CT molecular complexity index is 513. The number of carbonyl (C=O) groups excluding carboxylic acids is 1. The number of para-hydroxylation sites is 2. The predicted octanol–water partition coefficient (Wildman–Crippen LogP) is 2.65. The zero-order valence-electron chi connectivity index (χ0n) is 14.2. The molecule has 0 bridgehead atoms. The summed E-state index contributed by atoms with van der Waals surface area (Å²) < 4.78 is 5.51. The molecule has 0 aromatic heterocycles. The molecule has 1 aromatic rings. The summed E-state index contributed by atoms with van der Waals surface area (Å²) in [6.45, 7) is 3.75. The summed E-state index contributed by atoms with van der Waals surface area (Å²) >= 11 is 0. The Morgan fingerprint density at radius 2 is 2.04 bits per heavy atom. The summed E-state index contributed by atoms with van der Waals surface area (Å²) in [5.74, 6) is 0.652. The molecule has 0 aliphatic heterocycles. The summed E-state index contributed by atoms with van der Waals surface area (Å²) in [5.41, 5.74) is 0.142. The van der Waals surface area contributed by atoms with Crippen LogP contribution in [-0.2, 0) is 4.79 Å². The van der Waals surface area contributed by atoms with Crippen molar-refractivity contribution in [1.29, 1.82) is 0 Å². The van der Waals surface area contributed by atoms with Gasteiger partial charge in [0, 0.05) is 19.5 Å². The van der Waals surface area contributed by atoms with E-state index in [9.17, 15) is 9.90 Å². The second kappa shape index (κ2) is 8.31. The second-order valence-electron chi connectivity index (χ2n) is 6.40. The number of anilines is 1. The van der Waals surface area contributed by atoms with Gasteiger partial charge in [0.1, 0.15) is 5.75 Å². The maximum atomic E-state index is 12.1. The average Bonchev–Trinajstić information content (AvgIpc) is 2.94. The number of amides is 1. The first-order valence-electron chi connectivity index (χ1n) is 8.45. The van der Waals surface area contributed by atoms with Crippen LogP contribution in [0.5, 0.6) is 5.75 Å². The van der Waals surface area contributed by atoms with Crippen LogP contribution < -0.4 is 10.1 Å². The quantitative estimate of drug-likeness (QED) is 0.773. The molecule has 1 aliphatic carbocycles. The van der Waals surface area contributed by atoms with E-state index >= 15 is 0 Å². The van der Waals surface area contributed by atoms with Crippen LogP contribution >= 0.6 is 0 Å². The molecular weight excluding hydrogens is 292 g/mol. The Kier molecular flexibility index (Phi) is 6.42. The van der Waals surface area contributed by atoms with Gasteiger partial charge in [-0.25, -0.2) is 0 Å². The molecule has 2 N–H and O–H groups in total. The minimum Gasteiger partial charge on any atom is -0.492 e. The molecule has 23 heavy (non-hydrogen) atoms. The van der Waals surface area contributed by atoms with Crippen molar-refractivity contribution in [3.8, 4) is 5.75 Å². The van der Waals surface area contributed by atoms with Crippen LogP contribution in [0.2, 0.25) is 0 Å². The molecule has 1 aromatic carbocycles. The smallest absolute Gasteiger partial charge is 0.225 e. The van der Waals surface area contributed by atoms with Gasteiger partial charge >= 0.3 is 0 Å². The lowest BCUT2D eigenvalue weighted by Crippen LogP contribution is -2.40. The number of ether oxygens (including phenoxy) is 1. The molecule has 1 fully saturated rings. The highest BCUT2D eigenvalue weighted by Gasteiger charge is 2.32. The molecule has 0 heterocycles. The minimum atomic E-state index is -0.563. The highest BCUT2D eigenvalue weighted by molar-refractivity contribution is 5.92. The number of aliphatic hydroxyl groups is 1. The summed E-state index contributed by atoms with van der Waals surface area (Å²) in [6.07, 6.45) is 4.32. The Hall–Kier alpha value is -1.59. The molecule has 128 valence electrons. The lowest BCUT2D eigenvalue weighted by Gasteiger charge is -2.28. The molecule has 1 saturated carbocycles. The zero-order valence-corrected chi connectivity index (χ0v) is 14.2. The number of rotatable bonds is 8. The van der Waals surface area contributed by atoms with E-state index in [-0.39, 0.29) is 5.91 Å². The minimum absolute atomic E-state index is 0.0394. The van der Waals surface area contributed by atoms with Crippen molar-refractivity contribution < 1.29 is 14.6 Å². The molecule has 5 heteroatoms. The predicted molar refractivity (Wildman–Crippen MR) is 91.8 cm³/mol. The fourth-order valence-electron chi connectivity index (χ4n) is 3.13. The molecule has 1 amide bonds. The maximum absolute atomic E-state index is 12.1. The van der Waals surface area contributed by atoms with Crippen molar-refractivity contribution in [3.05, 3.63) is 24.3 Å². The van der Waals surface area contributed by atoms with E-state index in [0.717, 1.165) is 25.7 Å². The molecule has 0 spiro atoms. The van der Waals surface area contributed by atoms with Crippen LogP contribution in [0.4, 0.5) is 5.69 Å². The number of carbonyl (C=O) groups is 1. The fraction of sp³-hybridized carbons (Fsp3) is 0.611. The molecule has 0 radical (unpaired) electrons. The van der Waals surface area contributed by atoms with Gasteiger partial charge in [-0.3, -0.25) is 4.79 Å². The molecular formula is C18H28N2O3. The van der Waals surface area contributed by atoms with Crippen molar-refractivity contribution in [2.75, 3.05) is 32.1 Å². The standard InChI is InChI=1S/C18H28N2O3/c1-3-23-16-9-5-4-8-15(16)19-17(21)10-13-20(2)14-18(22)11-6-7-12-18/h4-5,8-9,22H,3,6-7,10-14H2,1-2H3,(H,19,21). The number of nitrogens with one attached hydrogen (secondary N) is 1. The highest BCUT2D eigenvalue weighted by atomic mass is 16.5. The Labute approximate surface area is 138 Å². The Morgan fingerprint density at radius 3 is 2.74 bits per heavy atom. The number of benzene rings is 1. The van der Waals surface area contributed by atoms with Crippen molar-refractivity contribution in [2.45, 2.75) is 44.6 Å². The van der Waals surface area contributed by atoms with Crippen LogP contribution in [-0.4, -0.2) is 48.3 Å². The lowest BCUT2D eigenvalue weighted by molar-refractivity contribution is -0.116. The van der Waals surface area contributed by atoms with E-state index in [1.165, 1.54) is 0 Å². The Morgan fingerprint density at radius 1 is 1.35 bits per heavy atom. The van der Waals surface area contributed by atoms with E-state index in [2.05, 4.69) is 5.32 Å². The van der Waals surface area contributed by atoms with Gasteiger partial charge in [0.25, 0.3) is 0 Å². The van der Waals surface area contributed by atoms with Crippen LogP contribution in [0.1, 0.15) is 39.0 Å². The fourth-order valence-corrected chi connectivity index (χ4v) is 3.13. The number of likely N-dealkylation sites (N-methyl/N-ethyl adjacent to an activating group) is 1. The van der Waals surface area contributed by atoms with Gasteiger partial charge in [-0.05, 0) is 38.9 Å². The maximum Gasteiger partial charge on any atom is 0.225 e. The van der Waals surface area contributed by atoms with Gasteiger partial charge in [0.05, 0.1) is 17.9 Å². The summed E-state index contributed by atoms with van der Waals surface area (Å²) in [7, 11) is 1.96. The SMILES string of the molecule is CCOc1ccccc1NC(=O)CCN(C)CC1(O)CCCC1. The van der Waals surface area contributed by atoms with E-state index < -0.39 is 5.60 Å². The average molecular weight is 320 g/mol. The number of hydrogen-bond donors (Lipinski definition) is 2. The molecule has 2 rings (SSSR count). The zero-order chi connectivity index (χ0) is 16.7. The summed E-state index contributed by atoms with van der Waals surface area (Å²) in [6, 6.07) is 7.45. The topological polar surface area (TPSA) is 61.8 Å². The summed E-state index contributed by atoms with van der Waals surface area (Å²) in [5, 5.41) is 13.3. The van der Waals surface area contributed by atoms with Gasteiger partial charge in [-0.2, -0.15) is 0 Å². The van der Waals surface area contributed by atoms with Crippen LogP contribution in [0, 0.1) is 0 Å². The van der Waals surface area contributed by atoms with Gasteiger partial charge in [-0.15, -0.1) is 0 Å². The highest BCUT2D eigenvalue weighted by Crippen LogP contribution is 2.30. The van der Waals surface area contributed by atoms with Crippen molar-refractivity contribution in [1.82, 2.24) is 4.90 Å². The van der Waals surface area contributed by atoms with Crippen molar-refractivity contribution >= 4 is 11.6 Å². The number of nitrogens with zero attached hydrogens (tertiary/aromatic N) is 1. The largest absolute Gasteiger partial charge is 0.492 e. The van der Waals surface area contributed by atoms with E-state index in [0.29, 0.717) is 37.6 Å². The summed E-state index contributed by atoms with van der Waals surface area (Å²) in [4.78, 5) is 14.2. The third kappa shape index (κ3) is 5.52. The normalized spacial score (nSPS) is 16.5. The first-order valence-corrected chi connectivity index (χ1v) is 8.45. The first kappa shape index (κ1) is 17.8. The lowest BCUT2D eigenvalue weighted by atomic mass is 10.0. The first-order chi connectivity index (χ1) is 11.0. The van der Waals surface area contributed by atoms with Crippen molar-refractivity contribution in [2.24, 2.45) is 0 Å². The van der Waals surface area contributed by atoms with Gasteiger partial charge in [0.2, 0.25) is 5.91 Å².